The van der Waals surface area contributed by atoms with Gasteiger partial charge in [-0.1, -0.05) is 17.7 Å². The first-order chi connectivity index (χ1) is 14.1. The van der Waals surface area contributed by atoms with Gasteiger partial charge in [0.2, 0.25) is 10.0 Å². The minimum absolute atomic E-state index is 0.0629. The summed E-state index contributed by atoms with van der Waals surface area (Å²) in [5, 5.41) is 0. The standard InChI is InChI=1S/C22H29N3O4S/c1-15-6-8-19(9-7-15)30(28,29)25-11-5-10-24(12-13-25)14-20(27)22-16(2)21(18(4)26)17(3)23-22/h6-9,23H,5,10-14H2,1-4H3. The molecule has 1 saturated heterocycles. The van der Waals surface area contributed by atoms with Crippen molar-refractivity contribution in [1.29, 1.82) is 0 Å². The Morgan fingerprint density at radius 2 is 1.67 bits per heavy atom. The van der Waals surface area contributed by atoms with Gasteiger partial charge in [-0.25, -0.2) is 8.42 Å². The number of ketones is 2. The Bertz CT molecular complexity index is 1050. The molecule has 2 heterocycles. The van der Waals surface area contributed by atoms with Crippen molar-refractivity contribution in [1.82, 2.24) is 14.2 Å². The lowest BCUT2D eigenvalue weighted by Gasteiger charge is -2.21. The number of hydrogen-bond donors (Lipinski definition) is 1. The zero-order chi connectivity index (χ0) is 22.1. The van der Waals surface area contributed by atoms with E-state index in [4.69, 9.17) is 0 Å². The Balaban J connectivity index is 1.68. The zero-order valence-electron chi connectivity index (χ0n) is 18.0. The van der Waals surface area contributed by atoms with E-state index in [0.29, 0.717) is 60.0 Å². The molecule has 1 aliphatic heterocycles. The summed E-state index contributed by atoms with van der Waals surface area (Å²) in [5.41, 5.74) is 3.44. The van der Waals surface area contributed by atoms with Crippen LogP contribution in [0.1, 0.15) is 51.0 Å². The number of hydrogen-bond acceptors (Lipinski definition) is 5. The van der Waals surface area contributed by atoms with Gasteiger partial charge in [0.15, 0.2) is 11.6 Å². The number of sulfonamides is 1. The Labute approximate surface area is 178 Å². The van der Waals surface area contributed by atoms with Crippen LogP contribution in [0.5, 0.6) is 0 Å². The van der Waals surface area contributed by atoms with E-state index in [0.717, 1.165) is 5.56 Å². The fourth-order valence-electron chi connectivity index (χ4n) is 4.04. The highest BCUT2D eigenvalue weighted by Crippen LogP contribution is 2.21. The molecule has 1 N–H and O–H groups in total. The van der Waals surface area contributed by atoms with Crippen molar-refractivity contribution in [3.05, 3.63) is 52.3 Å². The Morgan fingerprint density at radius 3 is 2.27 bits per heavy atom. The van der Waals surface area contributed by atoms with Crippen molar-refractivity contribution >= 4 is 21.6 Å². The number of Topliss-reactive ketones (excluding diaryl/α,β-unsaturated/α-hetero) is 2. The van der Waals surface area contributed by atoms with E-state index in [1.54, 1.807) is 38.1 Å². The highest BCUT2D eigenvalue weighted by atomic mass is 32.2. The molecule has 162 valence electrons. The quantitative estimate of drug-likeness (QED) is 0.710. The van der Waals surface area contributed by atoms with Crippen LogP contribution in [0.2, 0.25) is 0 Å². The summed E-state index contributed by atoms with van der Waals surface area (Å²) in [6.45, 7) is 9.07. The minimum atomic E-state index is -3.55. The molecule has 0 radical (unpaired) electrons. The third-order valence-corrected chi connectivity index (χ3v) is 7.55. The van der Waals surface area contributed by atoms with Gasteiger partial charge in [0, 0.05) is 30.9 Å². The van der Waals surface area contributed by atoms with Gasteiger partial charge in [0.05, 0.1) is 17.1 Å². The molecule has 1 aromatic carbocycles. The van der Waals surface area contributed by atoms with Crippen molar-refractivity contribution in [2.75, 3.05) is 32.7 Å². The van der Waals surface area contributed by atoms with Gasteiger partial charge in [-0.05, 0) is 58.4 Å². The van der Waals surface area contributed by atoms with E-state index < -0.39 is 10.0 Å². The minimum Gasteiger partial charge on any atom is -0.355 e. The SMILES string of the molecule is CC(=O)c1c(C)[nH]c(C(=O)CN2CCCN(S(=O)(=O)c3ccc(C)cc3)CC2)c1C. The van der Waals surface area contributed by atoms with Crippen LogP contribution in [0.4, 0.5) is 0 Å². The van der Waals surface area contributed by atoms with Crippen molar-refractivity contribution in [3.8, 4) is 0 Å². The van der Waals surface area contributed by atoms with Gasteiger partial charge in [-0.3, -0.25) is 14.5 Å². The highest BCUT2D eigenvalue weighted by molar-refractivity contribution is 7.89. The van der Waals surface area contributed by atoms with Gasteiger partial charge >= 0.3 is 0 Å². The number of nitrogens with one attached hydrogen (secondary N) is 1. The topological polar surface area (TPSA) is 90.6 Å². The molecule has 3 rings (SSSR count). The van der Waals surface area contributed by atoms with Crippen LogP contribution in [-0.2, 0) is 10.0 Å². The van der Waals surface area contributed by atoms with E-state index in [2.05, 4.69) is 4.98 Å². The average molecular weight is 432 g/mol. The molecule has 0 aliphatic carbocycles. The number of nitrogens with zero attached hydrogens (tertiary/aromatic N) is 2. The lowest BCUT2D eigenvalue weighted by Crippen LogP contribution is -2.36. The first kappa shape index (κ1) is 22.4. The molecule has 0 unspecified atom stereocenters. The number of aryl methyl sites for hydroxylation is 2. The molecule has 0 saturated carbocycles. The molecule has 30 heavy (non-hydrogen) atoms. The lowest BCUT2D eigenvalue weighted by molar-refractivity contribution is 0.0929. The first-order valence-corrected chi connectivity index (χ1v) is 11.6. The second kappa shape index (κ2) is 8.83. The normalized spacial score (nSPS) is 16.4. The van der Waals surface area contributed by atoms with E-state index in [9.17, 15) is 18.0 Å². The molecule has 0 amide bonds. The largest absolute Gasteiger partial charge is 0.355 e. The number of carbonyl (C=O) groups excluding carboxylic acids is 2. The maximum Gasteiger partial charge on any atom is 0.243 e. The van der Waals surface area contributed by atoms with Gasteiger partial charge in [0.1, 0.15) is 0 Å². The number of aromatic nitrogens is 1. The summed E-state index contributed by atoms with van der Waals surface area (Å²) in [6, 6.07) is 6.87. The summed E-state index contributed by atoms with van der Waals surface area (Å²) < 4.78 is 27.4. The van der Waals surface area contributed by atoms with Crippen molar-refractivity contribution in [2.24, 2.45) is 0 Å². The van der Waals surface area contributed by atoms with Crippen LogP contribution in [0, 0.1) is 20.8 Å². The van der Waals surface area contributed by atoms with Gasteiger partial charge in [0.25, 0.3) is 0 Å². The maximum absolute atomic E-state index is 13.0. The van der Waals surface area contributed by atoms with Crippen LogP contribution >= 0.6 is 0 Å². The molecule has 2 aromatic rings. The van der Waals surface area contributed by atoms with Crippen molar-refractivity contribution in [2.45, 2.75) is 39.0 Å². The second-order valence-corrected chi connectivity index (χ2v) is 9.89. The second-order valence-electron chi connectivity index (χ2n) is 7.95. The number of H-pyrrole nitrogens is 1. The average Bonchev–Trinajstić information content (AvgIpc) is 2.83. The predicted molar refractivity (Wildman–Crippen MR) is 116 cm³/mol. The van der Waals surface area contributed by atoms with Crippen LogP contribution in [0.25, 0.3) is 0 Å². The predicted octanol–water partition coefficient (Wildman–Crippen LogP) is 2.72. The molecule has 0 atom stereocenters. The summed E-state index contributed by atoms with van der Waals surface area (Å²) >= 11 is 0. The first-order valence-electron chi connectivity index (χ1n) is 10.1. The van der Waals surface area contributed by atoms with Crippen molar-refractivity contribution in [3.63, 3.8) is 0 Å². The summed E-state index contributed by atoms with van der Waals surface area (Å²) in [7, 11) is -3.55. The van der Waals surface area contributed by atoms with E-state index in [1.807, 2.05) is 11.8 Å². The van der Waals surface area contributed by atoms with Crippen LogP contribution < -0.4 is 0 Å². The molecule has 7 nitrogen and oxygen atoms in total. The Kier molecular flexibility index (Phi) is 6.59. The van der Waals surface area contributed by atoms with Crippen molar-refractivity contribution < 1.29 is 18.0 Å². The number of rotatable bonds is 6. The number of carbonyl (C=O) groups is 2. The molecule has 1 aromatic heterocycles. The Hall–Kier alpha value is -2.29. The third kappa shape index (κ3) is 4.55. The number of benzene rings is 1. The molecule has 0 spiro atoms. The van der Waals surface area contributed by atoms with Crippen LogP contribution in [0.15, 0.2) is 29.2 Å². The molecule has 0 bridgehead atoms. The van der Waals surface area contributed by atoms with E-state index >= 15 is 0 Å². The summed E-state index contributed by atoms with van der Waals surface area (Å²) in [5.74, 6) is -0.148. The maximum atomic E-state index is 13.0. The fraction of sp³-hybridized carbons (Fsp3) is 0.455. The van der Waals surface area contributed by atoms with Crippen LogP contribution in [0.3, 0.4) is 0 Å². The van der Waals surface area contributed by atoms with E-state index in [-0.39, 0.29) is 18.1 Å². The lowest BCUT2D eigenvalue weighted by atomic mass is 10.1. The smallest absolute Gasteiger partial charge is 0.243 e. The third-order valence-electron chi connectivity index (χ3n) is 5.64. The van der Waals surface area contributed by atoms with Crippen LogP contribution in [-0.4, -0.2) is 66.9 Å². The van der Waals surface area contributed by atoms with E-state index in [1.165, 1.54) is 11.2 Å². The summed E-state index contributed by atoms with van der Waals surface area (Å²) in [4.78, 5) is 30.0. The monoisotopic (exact) mass is 431 g/mol. The Morgan fingerprint density at radius 1 is 1.00 bits per heavy atom. The number of aromatic amines is 1. The van der Waals surface area contributed by atoms with Gasteiger partial charge < -0.3 is 4.98 Å². The molecule has 1 fully saturated rings. The molecular weight excluding hydrogens is 402 g/mol. The zero-order valence-corrected chi connectivity index (χ0v) is 18.8. The fourth-order valence-corrected chi connectivity index (χ4v) is 5.51. The van der Waals surface area contributed by atoms with Gasteiger partial charge in [-0.2, -0.15) is 4.31 Å². The molecular formula is C22H29N3O4S. The van der Waals surface area contributed by atoms with Gasteiger partial charge in [-0.15, -0.1) is 0 Å². The molecule has 8 heteroatoms. The molecule has 1 aliphatic rings. The summed E-state index contributed by atoms with van der Waals surface area (Å²) in [6.07, 6.45) is 0.653. The highest BCUT2D eigenvalue weighted by Gasteiger charge is 2.28.